The zero-order valence-corrected chi connectivity index (χ0v) is 25.6. The van der Waals surface area contributed by atoms with Crippen LogP contribution in [0.15, 0.2) is 174 Å². The van der Waals surface area contributed by atoms with E-state index >= 15 is 0 Å². The average Bonchev–Trinajstić information content (AvgIpc) is 3.52. The molecule has 10 aromatic rings. The van der Waals surface area contributed by atoms with E-state index in [-0.39, 0.29) is 0 Å². The van der Waals surface area contributed by atoms with Gasteiger partial charge in [0.25, 0.3) is 0 Å². The van der Waals surface area contributed by atoms with Crippen LogP contribution in [0.3, 0.4) is 0 Å². The lowest BCUT2D eigenvalue weighted by Gasteiger charge is -2.19. The minimum absolute atomic E-state index is 0.913. The first-order chi connectivity index (χ1) is 23.3. The summed E-state index contributed by atoms with van der Waals surface area (Å²) in [4.78, 5) is 0. The number of benzene rings is 9. The van der Waals surface area contributed by atoms with Gasteiger partial charge in [-0.15, -0.1) is 0 Å². The highest BCUT2D eigenvalue weighted by molar-refractivity contribution is 6.27. The van der Waals surface area contributed by atoms with Crippen LogP contribution in [0.1, 0.15) is 0 Å². The van der Waals surface area contributed by atoms with Gasteiger partial charge in [-0.25, -0.2) is 0 Å². The highest BCUT2D eigenvalue weighted by Crippen LogP contribution is 2.48. The number of hydrogen-bond donors (Lipinski definition) is 0. The molecule has 0 aliphatic rings. The molecular formula is C46H28O. The predicted molar refractivity (Wildman–Crippen MR) is 200 cm³/mol. The van der Waals surface area contributed by atoms with Crippen molar-refractivity contribution in [3.05, 3.63) is 170 Å². The first-order valence-corrected chi connectivity index (χ1v) is 16.2. The molecule has 0 aliphatic carbocycles. The lowest BCUT2D eigenvalue weighted by Crippen LogP contribution is -1.92. The molecular weight excluding hydrogens is 569 g/mol. The molecule has 0 saturated carbocycles. The molecule has 0 aliphatic heterocycles. The Balaban J connectivity index is 1.31. The predicted octanol–water partition coefficient (Wildman–Crippen LogP) is 13.2. The Morgan fingerprint density at radius 2 is 0.787 bits per heavy atom. The zero-order valence-electron chi connectivity index (χ0n) is 25.6. The number of rotatable bonds is 3. The van der Waals surface area contributed by atoms with Crippen LogP contribution in [0.4, 0.5) is 0 Å². The maximum absolute atomic E-state index is 6.35. The van der Waals surface area contributed by atoms with E-state index in [1.807, 2.05) is 6.07 Å². The van der Waals surface area contributed by atoms with Crippen LogP contribution in [0.5, 0.6) is 0 Å². The molecule has 1 heteroatoms. The van der Waals surface area contributed by atoms with E-state index < -0.39 is 0 Å². The topological polar surface area (TPSA) is 13.1 Å². The molecule has 0 atom stereocenters. The molecule has 9 aromatic carbocycles. The first-order valence-electron chi connectivity index (χ1n) is 16.2. The Kier molecular flexibility index (Phi) is 5.64. The highest BCUT2D eigenvalue weighted by Gasteiger charge is 2.21. The molecule has 0 bridgehead atoms. The van der Waals surface area contributed by atoms with E-state index in [1.54, 1.807) is 0 Å². The molecule has 1 heterocycles. The third-order valence-electron chi connectivity index (χ3n) is 9.86. The van der Waals surface area contributed by atoms with Crippen LogP contribution < -0.4 is 0 Å². The molecule has 0 unspecified atom stereocenters. The van der Waals surface area contributed by atoms with Gasteiger partial charge in [0.15, 0.2) is 0 Å². The van der Waals surface area contributed by atoms with E-state index in [4.69, 9.17) is 4.42 Å². The van der Waals surface area contributed by atoms with Crippen molar-refractivity contribution in [2.75, 3.05) is 0 Å². The number of furan rings is 1. The number of fused-ring (bicyclic) bond motifs is 7. The monoisotopic (exact) mass is 596 g/mol. The fourth-order valence-corrected chi connectivity index (χ4v) is 7.83. The van der Waals surface area contributed by atoms with E-state index in [9.17, 15) is 0 Å². The minimum atomic E-state index is 0.913. The highest BCUT2D eigenvalue weighted by atomic mass is 16.3. The summed E-state index contributed by atoms with van der Waals surface area (Å²) >= 11 is 0. The van der Waals surface area contributed by atoms with E-state index in [0.29, 0.717) is 0 Å². The van der Waals surface area contributed by atoms with Gasteiger partial charge in [-0.2, -0.15) is 0 Å². The molecule has 0 saturated heterocycles. The molecule has 0 fully saturated rings. The van der Waals surface area contributed by atoms with Crippen LogP contribution >= 0.6 is 0 Å². The molecule has 47 heavy (non-hydrogen) atoms. The van der Waals surface area contributed by atoms with Crippen molar-refractivity contribution in [2.45, 2.75) is 0 Å². The molecule has 0 N–H and O–H groups in total. The van der Waals surface area contributed by atoms with Gasteiger partial charge >= 0.3 is 0 Å². The molecule has 0 radical (unpaired) electrons. The Labute approximate surface area is 271 Å². The Hall–Kier alpha value is -6.18. The summed E-state index contributed by atoms with van der Waals surface area (Å²) in [7, 11) is 0. The fraction of sp³-hybridized carbons (Fsp3) is 0. The maximum atomic E-state index is 6.35. The van der Waals surface area contributed by atoms with Crippen molar-refractivity contribution in [2.24, 2.45) is 0 Å². The molecule has 0 spiro atoms. The van der Waals surface area contributed by atoms with Gasteiger partial charge in [0.05, 0.1) is 0 Å². The Morgan fingerprint density at radius 3 is 1.51 bits per heavy atom. The van der Waals surface area contributed by atoms with Gasteiger partial charge in [0.1, 0.15) is 11.2 Å². The van der Waals surface area contributed by atoms with Crippen LogP contribution in [0.25, 0.3) is 98.4 Å². The third kappa shape index (κ3) is 3.90. The van der Waals surface area contributed by atoms with Crippen molar-refractivity contribution >= 4 is 65.0 Å². The maximum Gasteiger partial charge on any atom is 0.136 e. The zero-order chi connectivity index (χ0) is 30.9. The first kappa shape index (κ1) is 26.1. The molecule has 218 valence electrons. The van der Waals surface area contributed by atoms with Gasteiger partial charge in [-0.3, -0.25) is 0 Å². The average molecular weight is 597 g/mol. The molecule has 0 amide bonds. The number of hydrogen-bond acceptors (Lipinski definition) is 1. The second-order valence-electron chi connectivity index (χ2n) is 12.4. The summed E-state index contributed by atoms with van der Waals surface area (Å²) in [5, 5.41) is 12.3. The molecule has 10 rings (SSSR count). The van der Waals surface area contributed by atoms with Crippen molar-refractivity contribution < 1.29 is 4.42 Å². The summed E-state index contributed by atoms with van der Waals surface area (Å²) in [6, 6.07) is 61.6. The van der Waals surface area contributed by atoms with E-state index in [0.717, 1.165) is 21.9 Å². The minimum Gasteiger partial charge on any atom is -0.456 e. The Morgan fingerprint density at radius 1 is 0.298 bits per heavy atom. The quantitative estimate of drug-likeness (QED) is 0.185. The smallest absolute Gasteiger partial charge is 0.136 e. The molecule has 1 aromatic heterocycles. The SMILES string of the molecule is c1ccc2c(-c3ccc4cccc(-c5c6ccccc6c(-c6cccc7oc8ccccc8c67)c6ccccc56)c4c3)cccc2c1. The van der Waals surface area contributed by atoms with Crippen LogP contribution in [0.2, 0.25) is 0 Å². The van der Waals surface area contributed by atoms with Crippen LogP contribution in [-0.2, 0) is 0 Å². The third-order valence-corrected chi connectivity index (χ3v) is 9.86. The van der Waals surface area contributed by atoms with Crippen LogP contribution in [0, 0.1) is 0 Å². The molecule has 1 nitrogen and oxygen atoms in total. The van der Waals surface area contributed by atoms with Gasteiger partial charge in [0.2, 0.25) is 0 Å². The van der Waals surface area contributed by atoms with Crippen molar-refractivity contribution in [1.29, 1.82) is 0 Å². The summed E-state index contributed by atoms with van der Waals surface area (Å²) in [6.07, 6.45) is 0. The van der Waals surface area contributed by atoms with Gasteiger partial charge < -0.3 is 4.42 Å². The summed E-state index contributed by atoms with van der Waals surface area (Å²) in [5.74, 6) is 0. The second kappa shape index (κ2) is 10.2. The summed E-state index contributed by atoms with van der Waals surface area (Å²) < 4.78 is 6.35. The summed E-state index contributed by atoms with van der Waals surface area (Å²) in [5.41, 5.74) is 9.27. The van der Waals surface area contributed by atoms with E-state index in [2.05, 4.69) is 164 Å². The van der Waals surface area contributed by atoms with Crippen molar-refractivity contribution in [3.63, 3.8) is 0 Å². The fourth-order valence-electron chi connectivity index (χ4n) is 7.83. The van der Waals surface area contributed by atoms with Gasteiger partial charge in [-0.05, 0) is 94.7 Å². The van der Waals surface area contributed by atoms with E-state index in [1.165, 1.54) is 76.5 Å². The second-order valence-corrected chi connectivity index (χ2v) is 12.4. The normalized spacial score (nSPS) is 11.8. The van der Waals surface area contributed by atoms with Gasteiger partial charge in [0, 0.05) is 10.8 Å². The lowest BCUT2D eigenvalue weighted by atomic mass is 9.83. The van der Waals surface area contributed by atoms with Crippen molar-refractivity contribution in [3.8, 4) is 33.4 Å². The van der Waals surface area contributed by atoms with Gasteiger partial charge in [-0.1, -0.05) is 152 Å². The summed E-state index contributed by atoms with van der Waals surface area (Å²) in [6.45, 7) is 0. The van der Waals surface area contributed by atoms with Crippen LogP contribution in [-0.4, -0.2) is 0 Å². The lowest BCUT2D eigenvalue weighted by molar-refractivity contribution is 0.669. The van der Waals surface area contributed by atoms with Crippen molar-refractivity contribution in [1.82, 2.24) is 0 Å². The standard InChI is InChI=1S/C46H28O/c1-2-15-32-29(12-1)13-9-21-33(32)31-27-26-30-14-10-22-38(41(30)28-31)44-34-16-3-5-18-36(34)45(37-19-6-4-17-35(37)44)40-23-11-25-43-46(40)39-20-7-8-24-42(39)47-43/h1-28H. The largest absolute Gasteiger partial charge is 0.456 e. The Bertz CT molecular complexity index is 2790. The number of para-hydroxylation sites is 1.